The van der Waals surface area contributed by atoms with E-state index in [9.17, 15) is 4.79 Å². The molecule has 0 aliphatic carbocycles. The number of aryl methyl sites for hydroxylation is 1. The van der Waals surface area contributed by atoms with Crippen LogP contribution < -0.4 is 0 Å². The van der Waals surface area contributed by atoms with Crippen molar-refractivity contribution in [2.75, 3.05) is 7.05 Å². The zero-order chi connectivity index (χ0) is 13.8. The van der Waals surface area contributed by atoms with E-state index in [4.69, 9.17) is 0 Å². The minimum atomic E-state index is -0.164. The van der Waals surface area contributed by atoms with Crippen molar-refractivity contribution in [1.29, 1.82) is 0 Å². The van der Waals surface area contributed by atoms with Gasteiger partial charge in [-0.1, -0.05) is 6.92 Å². The monoisotopic (exact) mass is 342 g/mol. The fourth-order valence-corrected chi connectivity index (χ4v) is 3.16. The van der Waals surface area contributed by atoms with E-state index in [0.29, 0.717) is 6.54 Å². The van der Waals surface area contributed by atoms with Crippen molar-refractivity contribution in [3.8, 4) is 0 Å². The molecule has 0 atom stereocenters. The second kappa shape index (κ2) is 6.29. The van der Waals surface area contributed by atoms with Gasteiger partial charge in [0, 0.05) is 28.2 Å². The zero-order valence-corrected chi connectivity index (χ0v) is 13.2. The van der Waals surface area contributed by atoms with Crippen molar-refractivity contribution >= 4 is 33.2 Å². The first-order chi connectivity index (χ1) is 9.10. The van der Waals surface area contributed by atoms with Gasteiger partial charge in [-0.25, -0.2) is 4.98 Å². The van der Waals surface area contributed by atoms with E-state index in [1.165, 1.54) is 0 Å². The molecule has 5 nitrogen and oxygen atoms in total. The van der Waals surface area contributed by atoms with E-state index >= 15 is 0 Å². The molecular formula is C12H15BrN4OS. The van der Waals surface area contributed by atoms with E-state index in [1.54, 1.807) is 23.3 Å². The van der Waals surface area contributed by atoms with Crippen LogP contribution in [0.5, 0.6) is 0 Å². The molecule has 0 radical (unpaired) electrons. The minimum Gasteiger partial charge on any atom is -0.334 e. The molecule has 7 heteroatoms. The van der Waals surface area contributed by atoms with Gasteiger partial charge in [0.25, 0.3) is 5.91 Å². The van der Waals surface area contributed by atoms with Crippen LogP contribution in [0, 0.1) is 0 Å². The summed E-state index contributed by atoms with van der Waals surface area (Å²) in [6, 6.07) is 2.01. The first-order valence-corrected chi connectivity index (χ1v) is 7.67. The molecule has 0 aliphatic heterocycles. The van der Waals surface area contributed by atoms with Crippen molar-refractivity contribution in [2.24, 2.45) is 0 Å². The van der Waals surface area contributed by atoms with Crippen LogP contribution in [0.25, 0.3) is 0 Å². The Morgan fingerprint density at radius 2 is 2.37 bits per heavy atom. The molecule has 2 heterocycles. The number of carbonyl (C=O) groups excluding carboxylic acids is 1. The molecule has 1 amide bonds. The number of H-pyrrole nitrogens is 1. The number of nitrogens with one attached hydrogen (secondary N) is 1. The first-order valence-electron chi connectivity index (χ1n) is 5.99. The van der Waals surface area contributed by atoms with Crippen LogP contribution >= 0.6 is 27.3 Å². The number of carbonyl (C=O) groups is 1. The molecule has 0 aromatic carbocycles. The van der Waals surface area contributed by atoms with E-state index in [0.717, 1.165) is 28.0 Å². The number of aromatic amines is 1. The summed E-state index contributed by atoms with van der Waals surface area (Å²) in [7, 11) is 1.76. The molecule has 0 saturated carbocycles. The van der Waals surface area contributed by atoms with Gasteiger partial charge in [0.05, 0.1) is 6.54 Å². The van der Waals surface area contributed by atoms with Gasteiger partial charge >= 0.3 is 0 Å². The molecule has 102 valence electrons. The van der Waals surface area contributed by atoms with Gasteiger partial charge in [0.15, 0.2) is 0 Å². The van der Waals surface area contributed by atoms with Crippen LogP contribution in [0.2, 0.25) is 0 Å². The van der Waals surface area contributed by atoms with E-state index in [2.05, 4.69) is 38.0 Å². The molecule has 0 fully saturated rings. The van der Waals surface area contributed by atoms with Gasteiger partial charge in [0.1, 0.15) is 5.82 Å². The summed E-state index contributed by atoms with van der Waals surface area (Å²) < 4.78 is 1.04. The highest BCUT2D eigenvalue weighted by Gasteiger charge is 2.17. The van der Waals surface area contributed by atoms with E-state index in [1.807, 2.05) is 11.4 Å². The third-order valence-electron chi connectivity index (χ3n) is 2.57. The number of rotatable bonds is 5. The Hall–Kier alpha value is -1.21. The molecule has 1 N–H and O–H groups in total. The summed E-state index contributed by atoms with van der Waals surface area (Å²) >= 11 is 5.02. The third-order valence-corrected chi connectivity index (χ3v) is 4.25. The lowest BCUT2D eigenvalue weighted by atomic mass is 10.3. The maximum absolute atomic E-state index is 12.1. The third kappa shape index (κ3) is 3.63. The highest BCUT2D eigenvalue weighted by Crippen LogP contribution is 2.21. The smallest absolute Gasteiger partial charge is 0.293 e. The lowest BCUT2D eigenvalue weighted by molar-refractivity contribution is 0.0774. The molecule has 0 aliphatic rings. The number of nitrogens with zero attached hydrogens (tertiary/aromatic N) is 3. The topological polar surface area (TPSA) is 61.9 Å². The Labute approximate surface area is 124 Å². The van der Waals surface area contributed by atoms with Gasteiger partial charge in [-0.3, -0.25) is 9.89 Å². The SMILES string of the molecule is CCCc1nc(C(=O)N(C)Cc2cc(Br)cs2)n[nH]1. The summed E-state index contributed by atoms with van der Waals surface area (Å²) in [5, 5.41) is 8.77. The van der Waals surface area contributed by atoms with E-state index < -0.39 is 0 Å². The van der Waals surface area contributed by atoms with Gasteiger partial charge in [-0.15, -0.1) is 16.4 Å². The largest absolute Gasteiger partial charge is 0.334 e. The predicted molar refractivity (Wildman–Crippen MR) is 78.2 cm³/mol. The fourth-order valence-electron chi connectivity index (χ4n) is 1.65. The van der Waals surface area contributed by atoms with Crippen molar-refractivity contribution in [1.82, 2.24) is 20.1 Å². The predicted octanol–water partition coefficient (Wildman–Crippen LogP) is 2.85. The Morgan fingerprint density at radius 3 is 3.00 bits per heavy atom. The lowest BCUT2D eigenvalue weighted by Crippen LogP contribution is -2.26. The standard InChI is InChI=1S/C12H15BrN4OS/c1-3-4-10-14-11(16-15-10)12(18)17(2)6-9-5-8(13)7-19-9/h5,7H,3-4,6H2,1-2H3,(H,14,15,16). The molecule has 2 rings (SSSR count). The minimum absolute atomic E-state index is 0.164. The van der Waals surface area contributed by atoms with Crippen LogP contribution in [-0.2, 0) is 13.0 Å². The van der Waals surface area contributed by atoms with E-state index in [-0.39, 0.29) is 11.7 Å². The maximum Gasteiger partial charge on any atom is 0.293 e. The normalized spacial score (nSPS) is 10.7. The quantitative estimate of drug-likeness (QED) is 0.908. The second-order valence-corrected chi connectivity index (χ2v) is 6.16. The Bertz CT molecular complexity index is 566. The summed E-state index contributed by atoms with van der Waals surface area (Å²) in [5.74, 6) is 0.836. The summed E-state index contributed by atoms with van der Waals surface area (Å²) in [6.07, 6.45) is 1.78. The Kier molecular flexibility index (Phi) is 4.71. The van der Waals surface area contributed by atoms with Crippen molar-refractivity contribution in [2.45, 2.75) is 26.3 Å². The number of amides is 1. The number of halogens is 1. The summed E-state index contributed by atoms with van der Waals surface area (Å²) in [6.45, 7) is 2.62. The fraction of sp³-hybridized carbons (Fsp3) is 0.417. The van der Waals surface area contributed by atoms with Crippen LogP contribution in [0.3, 0.4) is 0 Å². The Balaban J connectivity index is 2.01. The molecule has 2 aromatic heterocycles. The van der Waals surface area contributed by atoms with Crippen LogP contribution in [0.4, 0.5) is 0 Å². The average molecular weight is 343 g/mol. The molecule has 19 heavy (non-hydrogen) atoms. The summed E-state index contributed by atoms with van der Waals surface area (Å²) in [4.78, 5) is 19.1. The van der Waals surface area contributed by atoms with Gasteiger partial charge in [0.2, 0.25) is 5.82 Å². The molecule has 0 unspecified atom stereocenters. The number of thiophene rings is 1. The Morgan fingerprint density at radius 1 is 1.58 bits per heavy atom. The first kappa shape index (κ1) is 14.2. The molecule has 0 bridgehead atoms. The lowest BCUT2D eigenvalue weighted by Gasteiger charge is -2.13. The van der Waals surface area contributed by atoms with Crippen LogP contribution in [0.15, 0.2) is 15.9 Å². The molecule has 0 saturated heterocycles. The molecular weight excluding hydrogens is 328 g/mol. The van der Waals surface area contributed by atoms with Crippen LogP contribution in [-0.4, -0.2) is 33.0 Å². The van der Waals surface area contributed by atoms with Crippen molar-refractivity contribution in [3.05, 3.63) is 32.4 Å². The van der Waals surface area contributed by atoms with Gasteiger partial charge < -0.3 is 4.90 Å². The highest BCUT2D eigenvalue weighted by molar-refractivity contribution is 9.10. The zero-order valence-electron chi connectivity index (χ0n) is 10.8. The number of hydrogen-bond donors (Lipinski definition) is 1. The average Bonchev–Trinajstić information content (AvgIpc) is 2.98. The van der Waals surface area contributed by atoms with Gasteiger partial charge in [-0.05, 0) is 28.4 Å². The highest BCUT2D eigenvalue weighted by atomic mass is 79.9. The second-order valence-electron chi connectivity index (χ2n) is 4.25. The van der Waals surface area contributed by atoms with Crippen molar-refractivity contribution in [3.63, 3.8) is 0 Å². The van der Waals surface area contributed by atoms with Crippen molar-refractivity contribution < 1.29 is 4.79 Å². The number of hydrogen-bond acceptors (Lipinski definition) is 4. The maximum atomic E-state index is 12.1. The molecule has 2 aromatic rings. The van der Waals surface area contributed by atoms with Gasteiger partial charge in [-0.2, -0.15) is 0 Å². The van der Waals surface area contributed by atoms with Crippen LogP contribution in [0.1, 0.15) is 34.7 Å². The summed E-state index contributed by atoms with van der Waals surface area (Å²) in [5.41, 5.74) is 0. The number of aromatic nitrogens is 3. The molecule has 0 spiro atoms.